The Morgan fingerprint density at radius 1 is 1.18 bits per heavy atom. The molecular weight excluding hydrogens is 352 g/mol. The maximum Gasteiger partial charge on any atom is 0.319 e. The van der Waals surface area contributed by atoms with E-state index in [0.717, 1.165) is 50.6 Å². The zero-order chi connectivity index (χ0) is 20.1. The Hall–Kier alpha value is -2.08. The van der Waals surface area contributed by atoms with Crippen LogP contribution in [0.1, 0.15) is 57.4 Å². The Balaban J connectivity index is 1.43. The van der Waals surface area contributed by atoms with Gasteiger partial charge < -0.3 is 21.3 Å². The van der Waals surface area contributed by atoms with Gasteiger partial charge in [0.25, 0.3) is 0 Å². The zero-order valence-corrected chi connectivity index (χ0v) is 17.1. The molecule has 0 spiro atoms. The van der Waals surface area contributed by atoms with E-state index in [9.17, 15) is 9.59 Å². The number of hydrogen-bond acceptors (Lipinski definition) is 3. The van der Waals surface area contributed by atoms with Crippen LogP contribution in [0.2, 0.25) is 0 Å². The van der Waals surface area contributed by atoms with E-state index in [1.54, 1.807) is 0 Å². The van der Waals surface area contributed by atoms with Crippen molar-refractivity contribution in [3.05, 3.63) is 29.8 Å². The molecule has 0 aromatic heterocycles. The summed E-state index contributed by atoms with van der Waals surface area (Å²) >= 11 is 0. The van der Waals surface area contributed by atoms with E-state index in [1.165, 1.54) is 12.0 Å². The Labute approximate surface area is 168 Å². The van der Waals surface area contributed by atoms with E-state index < -0.39 is 6.04 Å². The van der Waals surface area contributed by atoms with E-state index in [0.29, 0.717) is 6.04 Å². The average Bonchev–Trinajstić information content (AvgIpc) is 2.66. The maximum absolute atomic E-state index is 12.6. The molecule has 0 radical (unpaired) electrons. The highest BCUT2D eigenvalue weighted by atomic mass is 16.2. The van der Waals surface area contributed by atoms with Crippen LogP contribution in [0.5, 0.6) is 0 Å². The van der Waals surface area contributed by atoms with Gasteiger partial charge in [0.15, 0.2) is 0 Å². The minimum atomic E-state index is -0.419. The van der Waals surface area contributed by atoms with E-state index in [1.807, 2.05) is 30.1 Å². The fraction of sp³-hybridized carbons (Fsp3) is 0.636. The number of nitrogens with two attached hydrogens (primary N) is 1. The number of carbonyl (C=O) groups is 2. The number of carbonyl (C=O) groups excluding carboxylic acids is 2. The van der Waals surface area contributed by atoms with Crippen molar-refractivity contribution in [2.24, 2.45) is 11.7 Å². The lowest BCUT2D eigenvalue weighted by molar-refractivity contribution is -0.136. The van der Waals surface area contributed by atoms with Crippen molar-refractivity contribution in [1.82, 2.24) is 10.2 Å². The lowest BCUT2D eigenvalue weighted by atomic mass is 9.81. The zero-order valence-electron chi connectivity index (χ0n) is 17.1. The molecule has 2 aliphatic rings. The quantitative estimate of drug-likeness (QED) is 0.701. The largest absolute Gasteiger partial charge is 0.341 e. The molecular formula is C22H34N4O2. The third kappa shape index (κ3) is 5.04. The van der Waals surface area contributed by atoms with Crippen molar-refractivity contribution in [3.63, 3.8) is 0 Å². The summed E-state index contributed by atoms with van der Waals surface area (Å²) in [6.07, 6.45) is 7.82. The average molecular weight is 387 g/mol. The first-order valence-electron chi connectivity index (χ1n) is 10.7. The van der Waals surface area contributed by atoms with Gasteiger partial charge in [-0.15, -0.1) is 0 Å². The van der Waals surface area contributed by atoms with E-state index in [2.05, 4.69) is 23.6 Å². The lowest BCUT2D eigenvalue weighted by Crippen LogP contribution is -2.52. The van der Waals surface area contributed by atoms with Gasteiger partial charge in [0.2, 0.25) is 5.91 Å². The SMILES string of the molecule is CCc1cccc(NC(=O)NC2CCC([C@H](N)C(=O)N(C)C3CCC3)CC2)c1. The van der Waals surface area contributed by atoms with Gasteiger partial charge in [-0.3, -0.25) is 4.79 Å². The Morgan fingerprint density at radius 2 is 1.89 bits per heavy atom. The molecule has 0 unspecified atom stereocenters. The highest BCUT2D eigenvalue weighted by Crippen LogP contribution is 2.29. The maximum atomic E-state index is 12.6. The number of anilines is 1. The number of amides is 3. The second kappa shape index (κ2) is 9.41. The third-order valence-corrected chi connectivity index (χ3v) is 6.46. The summed E-state index contributed by atoms with van der Waals surface area (Å²) in [6, 6.07) is 7.84. The summed E-state index contributed by atoms with van der Waals surface area (Å²) in [5.41, 5.74) is 8.31. The predicted molar refractivity (Wildman–Crippen MR) is 112 cm³/mol. The van der Waals surface area contributed by atoms with Crippen molar-refractivity contribution < 1.29 is 9.59 Å². The summed E-state index contributed by atoms with van der Waals surface area (Å²) in [6.45, 7) is 2.09. The van der Waals surface area contributed by atoms with Crippen LogP contribution in [0.25, 0.3) is 0 Å². The summed E-state index contributed by atoms with van der Waals surface area (Å²) in [4.78, 5) is 26.8. The van der Waals surface area contributed by atoms with E-state index in [-0.39, 0.29) is 23.9 Å². The van der Waals surface area contributed by atoms with Crippen LogP contribution in [0, 0.1) is 5.92 Å². The molecule has 4 N–H and O–H groups in total. The molecule has 0 saturated heterocycles. The van der Waals surface area contributed by atoms with Gasteiger partial charge in [-0.25, -0.2) is 4.79 Å². The first kappa shape index (κ1) is 20.6. The number of urea groups is 1. The lowest BCUT2D eigenvalue weighted by Gasteiger charge is -2.38. The van der Waals surface area contributed by atoms with Crippen LogP contribution >= 0.6 is 0 Å². The molecule has 28 heavy (non-hydrogen) atoms. The fourth-order valence-corrected chi connectivity index (χ4v) is 4.23. The number of nitrogens with one attached hydrogen (secondary N) is 2. The van der Waals surface area contributed by atoms with Crippen molar-refractivity contribution in [1.29, 1.82) is 0 Å². The minimum Gasteiger partial charge on any atom is -0.341 e. The number of nitrogens with zero attached hydrogens (tertiary/aromatic N) is 1. The fourth-order valence-electron chi connectivity index (χ4n) is 4.23. The van der Waals surface area contributed by atoms with Crippen molar-refractivity contribution in [3.8, 4) is 0 Å². The molecule has 3 amide bonds. The first-order valence-corrected chi connectivity index (χ1v) is 10.7. The van der Waals surface area contributed by atoms with E-state index >= 15 is 0 Å². The van der Waals surface area contributed by atoms with Gasteiger partial charge >= 0.3 is 6.03 Å². The first-order chi connectivity index (χ1) is 13.5. The molecule has 6 heteroatoms. The molecule has 1 aromatic rings. The minimum absolute atomic E-state index is 0.0784. The Morgan fingerprint density at radius 3 is 2.50 bits per heavy atom. The number of benzene rings is 1. The van der Waals surface area contributed by atoms with Crippen LogP contribution in [0.4, 0.5) is 10.5 Å². The summed E-state index contributed by atoms with van der Waals surface area (Å²) in [7, 11) is 1.89. The molecule has 154 valence electrons. The van der Waals surface area contributed by atoms with Crippen LogP contribution in [0.3, 0.4) is 0 Å². The predicted octanol–water partition coefficient (Wildman–Crippen LogP) is 3.27. The second-order valence-corrected chi connectivity index (χ2v) is 8.32. The van der Waals surface area contributed by atoms with Crippen LogP contribution in [0.15, 0.2) is 24.3 Å². The van der Waals surface area contributed by atoms with Gasteiger partial charge in [-0.1, -0.05) is 19.1 Å². The van der Waals surface area contributed by atoms with Crippen molar-refractivity contribution in [2.75, 3.05) is 12.4 Å². The third-order valence-electron chi connectivity index (χ3n) is 6.46. The summed E-state index contributed by atoms with van der Waals surface area (Å²) in [5.74, 6) is 0.284. The molecule has 2 fully saturated rings. The van der Waals surface area contributed by atoms with Gasteiger partial charge in [0.1, 0.15) is 0 Å². The molecule has 1 aromatic carbocycles. The number of rotatable bonds is 6. The Kier molecular flexibility index (Phi) is 6.94. The standard InChI is InChI=1S/C22H34N4O2/c1-3-15-6-4-7-18(14-15)25-22(28)24-17-12-10-16(11-13-17)20(23)21(27)26(2)19-8-5-9-19/h4,6-7,14,16-17,19-20H,3,5,8-13,23H2,1-2H3,(H2,24,25,28)/t16?,17?,20-/m0/s1. The highest BCUT2D eigenvalue weighted by Gasteiger charge is 2.34. The van der Waals surface area contributed by atoms with Crippen molar-refractivity contribution in [2.45, 2.75) is 76.4 Å². The smallest absolute Gasteiger partial charge is 0.319 e. The molecule has 3 rings (SSSR count). The van der Waals surface area contributed by atoms with Crippen molar-refractivity contribution >= 4 is 17.6 Å². The number of hydrogen-bond donors (Lipinski definition) is 3. The van der Waals surface area contributed by atoms with Crippen LogP contribution in [-0.4, -0.2) is 42.0 Å². The monoisotopic (exact) mass is 386 g/mol. The van der Waals surface area contributed by atoms with E-state index in [4.69, 9.17) is 5.73 Å². The van der Waals surface area contributed by atoms with Gasteiger partial charge in [0.05, 0.1) is 6.04 Å². The summed E-state index contributed by atoms with van der Waals surface area (Å²) < 4.78 is 0. The molecule has 0 aliphatic heterocycles. The van der Waals surface area contributed by atoms with Gasteiger partial charge in [-0.2, -0.15) is 0 Å². The number of likely N-dealkylation sites (N-methyl/N-ethyl adjacent to an activating group) is 1. The molecule has 0 bridgehead atoms. The second-order valence-electron chi connectivity index (χ2n) is 8.32. The molecule has 2 aliphatic carbocycles. The highest BCUT2D eigenvalue weighted by molar-refractivity contribution is 5.89. The summed E-state index contributed by atoms with van der Waals surface area (Å²) in [5, 5.41) is 5.99. The topological polar surface area (TPSA) is 87.5 Å². The van der Waals surface area contributed by atoms with Gasteiger partial charge in [0, 0.05) is 24.8 Å². The number of aryl methyl sites for hydroxylation is 1. The molecule has 2 saturated carbocycles. The Bertz CT molecular complexity index is 681. The molecule has 0 heterocycles. The van der Waals surface area contributed by atoms with Crippen LogP contribution in [-0.2, 0) is 11.2 Å². The molecule has 1 atom stereocenters. The van der Waals surface area contributed by atoms with Gasteiger partial charge in [-0.05, 0) is 75.0 Å². The molecule has 6 nitrogen and oxygen atoms in total. The van der Waals surface area contributed by atoms with Crippen LogP contribution < -0.4 is 16.4 Å². The normalized spacial score (nSPS) is 23.4.